The smallest absolute Gasteiger partial charge is 0.290 e. The van der Waals surface area contributed by atoms with Gasteiger partial charge in [0.25, 0.3) is 5.91 Å². The zero-order chi connectivity index (χ0) is 12.4. The monoisotopic (exact) mass is 231 g/mol. The van der Waals surface area contributed by atoms with Crippen molar-refractivity contribution in [1.29, 1.82) is 0 Å². The maximum absolute atomic E-state index is 11.9. The van der Waals surface area contributed by atoms with Crippen LogP contribution >= 0.6 is 0 Å². The van der Waals surface area contributed by atoms with E-state index in [0.29, 0.717) is 12.4 Å². The van der Waals surface area contributed by atoms with Gasteiger partial charge in [-0.2, -0.15) is 0 Å². The van der Waals surface area contributed by atoms with Gasteiger partial charge >= 0.3 is 0 Å². The molecule has 0 saturated carbocycles. The van der Waals surface area contributed by atoms with Gasteiger partial charge < -0.3 is 10.6 Å². The van der Waals surface area contributed by atoms with Crippen molar-refractivity contribution in [3.05, 3.63) is 29.3 Å². The van der Waals surface area contributed by atoms with Crippen LogP contribution in [0.15, 0.2) is 23.2 Å². The molecule has 1 amide bonds. The zero-order valence-electron chi connectivity index (χ0n) is 10.4. The quantitative estimate of drug-likeness (QED) is 0.813. The number of aryl methyl sites for hydroxylation is 2. The topological polar surface area (TPSA) is 53.5 Å². The molecular weight excluding hydrogens is 214 g/mol. The molecule has 1 aliphatic rings. The van der Waals surface area contributed by atoms with Gasteiger partial charge in [0.2, 0.25) is 0 Å². The molecule has 0 spiro atoms. The van der Waals surface area contributed by atoms with Gasteiger partial charge in [0.15, 0.2) is 5.84 Å². The minimum Gasteiger partial charge on any atom is -0.361 e. The molecule has 0 bridgehead atoms. The standard InChI is InChI=1S/C13H17N3O/c1-8-4-5-11(9(2)6-8)16-13(17)12-14-7-10(3)15-12/h4-6,10H,7H2,1-3H3,(H,14,15)(H,16,17). The van der Waals surface area contributed by atoms with Gasteiger partial charge in [0.05, 0.1) is 6.54 Å². The number of amides is 1. The molecule has 0 saturated heterocycles. The molecule has 0 aromatic heterocycles. The summed E-state index contributed by atoms with van der Waals surface area (Å²) in [4.78, 5) is 16.0. The van der Waals surface area contributed by atoms with Gasteiger partial charge in [-0.15, -0.1) is 0 Å². The van der Waals surface area contributed by atoms with Crippen LogP contribution in [0, 0.1) is 13.8 Å². The van der Waals surface area contributed by atoms with E-state index in [9.17, 15) is 4.79 Å². The second-order valence-electron chi connectivity index (χ2n) is 4.51. The Morgan fingerprint density at radius 1 is 1.47 bits per heavy atom. The number of benzene rings is 1. The summed E-state index contributed by atoms with van der Waals surface area (Å²) in [7, 11) is 0. The number of hydrogen-bond donors (Lipinski definition) is 2. The lowest BCUT2D eigenvalue weighted by molar-refractivity contribution is -0.110. The van der Waals surface area contributed by atoms with E-state index < -0.39 is 0 Å². The van der Waals surface area contributed by atoms with Gasteiger partial charge in [0.1, 0.15) is 0 Å². The van der Waals surface area contributed by atoms with Crippen molar-refractivity contribution in [3.63, 3.8) is 0 Å². The van der Waals surface area contributed by atoms with Crippen molar-refractivity contribution in [2.45, 2.75) is 26.8 Å². The van der Waals surface area contributed by atoms with E-state index in [0.717, 1.165) is 11.3 Å². The summed E-state index contributed by atoms with van der Waals surface area (Å²) in [5.74, 6) is 0.263. The third kappa shape index (κ3) is 2.64. The second kappa shape index (κ2) is 4.57. The number of carbonyl (C=O) groups is 1. The highest BCUT2D eigenvalue weighted by Gasteiger charge is 2.19. The number of nitrogens with zero attached hydrogens (tertiary/aromatic N) is 1. The molecule has 1 aromatic rings. The zero-order valence-corrected chi connectivity index (χ0v) is 10.4. The first-order valence-corrected chi connectivity index (χ1v) is 5.76. The van der Waals surface area contributed by atoms with Crippen LogP contribution in [0.25, 0.3) is 0 Å². The van der Waals surface area contributed by atoms with Crippen LogP contribution in [0.5, 0.6) is 0 Å². The lowest BCUT2D eigenvalue weighted by Gasteiger charge is -2.10. The van der Waals surface area contributed by atoms with Gasteiger partial charge in [-0.1, -0.05) is 17.7 Å². The predicted octanol–water partition coefficient (Wildman–Crippen LogP) is 1.63. The molecule has 1 unspecified atom stereocenters. The summed E-state index contributed by atoms with van der Waals surface area (Å²) in [6, 6.07) is 6.19. The van der Waals surface area contributed by atoms with Crippen LogP contribution in [-0.4, -0.2) is 24.3 Å². The molecule has 0 fully saturated rings. The second-order valence-corrected chi connectivity index (χ2v) is 4.51. The lowest BCUT2D eigenvalue weighted by Crippen LogP contribution is -2.36. The van der Waals surface area contributed by atoms with E-state index in [1.54, 1.807) is 0 Å². The van der Waals surface area contributed by atoms with Crippen LogP contribution in [0.4, 0.5) is 5.69 Å². The molecule has 4 nitrogen and oxygen atoms in total. The summed E-state index contributed by atoms with van der Waals surface area (Å²) in [6.45, 7) is 6.68. The van der Waals surface area contributed by atoms with Crippen molar-refractivity contribution in [2.75, 3.05) is 11.9 Å². The van der Waals surface area contributed by atoms with Crippen LogP contribution in [-0.2, 0) is 4.79 Å². The number of hydrogen-bond acceptors (Lipinski definition) is 3. The Bertz CT molecular complexity index is 480. The van der Waals surface area contributed by atoms with Crippen molar-refractivity contribution >= 4 is 17.4 Å². The molecule has 2 N–H and O–H groups in total. The summed E-state index contributed by atoms with van der Waals surface area (Å²) in [6.07, 6.45) is 0. The first kappa shape index (κ1) is 11.6. The van der Waals surface area contributed by atoms with E-state index in [1.165, 1.54) is 5.56 Å². The summed E-state index contributed by atoms with van der Waals surface area (Å²) in [5.41, 5.74) is 3.08. The number of nitrogens with one attached hydrogen (secondary N) is 2. The average molecular weight is 231 g/mol. The average Bonchev–Trinajstić information content (AvgIpc) is 2.69. The Hall–Kier alpha value is -1.84. The highest BCUT2D eigenvalue weighted by molar-refractivity contribution is 6.42. The molecule has 17 heavy (non-hydrogen) atoms. The van der Waals surface area contributed by atoms with E-state index in [2.05, 4.69) is 15.6 Å². The molecule has 0 radical (unpaired) electrons. The fraction of sp³-hybridized carbons (Fsp3) is 0.385. The first-order chi connectivity index (χ1) is 8.06. The number of carbonyl (C=O) groups excluding carboxylic acids is 1. The summed E-state index contributed by atoms with van der Waals surface area (Å²) < 4.78 is 0. The van der Waals surface area contributed by atoms with Crippen molar-refractivity contribution in [3.8, 4) is 0 Å². The fourth-order valence-corrected chi connectivity index (χ4v) is 1.83. The Kier molecular flexibility index (Phi) is 3.13. The normalized spacial score (nSPS) is 18.5. The van der Waals surface area contributed by atoms with Crippen molar-refractivity contribution < 1.29 is 4.79 Å². The Morgan fingerprint density at radius 2 is 2.24 bits per heavy atom. The molecule has 1 atom stereocenters. The van der Waals surface area contributed by atoms with Crippen LogP contribution in [0.3, 0.4) is 0 Å². The Labute approximate surface area is 101 Å². The van der Waals surface area contributed by atoms with Crippen molar-refractivity contribution in [2.24, 2.45) is 4.99 Å². The van der Waals surface area contributed by atoms with Gasteiger partial charge in [-0.05, 0) is 32.4 Å². The number of amidine groups is 1. The van der Waals surface area contributed by atoms with E-state index >= 15 is 0 Å². The molecule has 4 heteroatoms. The number of anilines is 1. The van der Waals surface area contributed by atoms with Crippen LogP contribution < -0.4 is 10.6 Å². The number of aliphatic imine (C=N–C) groups is 1. The largest absolute Gasteiger partial charge is 0.361 e. The molecule has 0 aliphatic carbocycles. The van der Waals surface area contributed by atoms with E-state index in [1.807, 2.05) is 39.0 Å². The Balaban J connectivity index is 2.08. The highest BCUT2D eigenvalue weighted by Crippen LogP contribution is 2.16. The molecule has 1 heterocycles. The predicted molar refractivity (Wildman–Crippen MR) is 69.4 cm³/mol. The van der Waals surface area contributed by atoms with Gasteiger partial charge in [-0.25, -0.2) is 0 Å². The fourth-order valence-electron chi connectivity index (χ4n) is 1.83. The van der Waals surface area contributed by atoms with Gasteiger partial charge in [0, 0.05) is 11.7 Å². The highest BCUT2D eigenvalue weighted by atomic mass is 16.2. The van der Waals surface area contributed by atoms with Crippen molar-refractivity contribution in [1.82, 2.24) is 5.32 Å². The molecule has 1 aliphatic heterocycles. The minimum absolute atomic E-state index is 0.165. The van der Waals surface area contributed by atoms with E-state index in [-0.39, 0.29) is 11.9 Å². The molecule has 90 valence electrons. The molecule has 1 aromatic carbocycles. The first-order valence-electron chi connectivity index (χ1n) is 5.76. The maximum Gasteiger partial charge on any atom is 0.290 e. The lowest BCUT2D eigenvalue weighted by atomic mass is 10.1. The van der Waals surface area contributed by atoms with Crippen LogP contribution in [0.2, 0.25) is 0 Å². The summed E-state index contributed by atoms with van der Waals surface area (Å²) >= 11 is 0. The Morgan fingerprint density at radius 3 is 2.82 bits per heavy atom. The molecule has 2 rings (SSSR count). The van der Waals surface area contributed by atoms with E-state index in [4.69, 9.17) is 0 Å². The number of rotatable bonds is 2. The maximum atomic E-state index is 11.9. The minimum atomic E-state index is -0.165. The third-order valence-corrected chi connectivity index (χ3v) is 2.75. The summed E-state index contributed by atoms with van der Waals surface area (Å²) in [5, 5.41) is 5.91. The van der Waals surface area contributed by atoms with Crippen LogP contribution in [0.1, 0.15) is 18.1 Å². The van der Waals surface area contributed by atoms with Gasteiger partial charge in [-0.3, -0.25) is 9.79 Å². The SMILES string of the molecule is Cc1ccc(NC(=O)C2=NCC(C)N2)c(C)c1. The third-order valence-electron chi connectivity index (χ3n) is 2.75. The molecular formula is C13H17N3O.